The molecule has 0 saturated carbocycles. The number of rotatable bonds is 1. The Morgan fingerprint density at radius 2 is 2.13 bits per heavy atom. The molecule has 0 N–H and O–H groups in total. The van der Waals surface area contributed by atoms with Crippen molar-refractivity contribution in [2.75, 3.05) is 11.5 Å². The monoisotopic (exact) mass is 225 g/mol. The highest BCUT2D eigenvalue weighted by Crippen LogP contribution is 2.26. The average molecular weight is 226 g/mol. The Labute approximate surface area is 91.4 Å². The van der Waals surface area contributed by atoms with Crippen molar-refractivity contribution in [3.05, 3.63) is 28.8 Å². The summed E-state index contributed by atoms with van der Waals surface area (Å²) in [5.41, 5.74) is 1.28. The summed E-state index contributed by atoms with van der Waals surface area (Å²) in [7, 11) is 0. The molecule has 2 rings (SSSR count). The fraction of sp³-hybridized carbons (Fsp3) is 0.200. The van der Waals surface area contributed by atoms with Crippen molar-refractivity contribution < 1.29 is 14.3 Å². The maximum atomic E-state index is 11.4. The van der Waals surface area contributed by atoms with Crippen LogP contribution in [0.2, 0.25) is 5.02 Å². The molecule has 1 fully saturated rings. The maximum Gasteiger partial charge on any atom is 0.421 e. The number of ether oxygens (including phenoxy) is 1. The Kier molecular flexibility index (Phi) is 2.36. The van der Waals surface area contributed by atoms with Gasteiger partial charge in [-0.15, -0.1) is 0 Å². The Morgan fingerprint density at radius 1 is 1.40 bits per heavy atom. The van der Waals surface area contributed by atoms with Crippen LogP contribution in [0.5, 0.6) is 0 Å². The number of carbonyl (C=O) groups excluding carboxylic acids is 2. The molecule has 1 aromatic carbocycles. The highest BCUT2D eigenvalue weighted by atomic mass is 35.5. The van der Waals surface area contributed by atoms with Gasteiger partial charge in [-0.3, -0.25) is 4.79 Å². The van der Waals surface area contributed by atoms with Crippen LogP contribution < -0.4 is 4.90 Å². The Morgan fingerprint density at radius 3 is 2.67 bits per heavy atom. The lowest BCUT2D eigenvalue weighted by Gasteiger charge is -2.13. The maximum absolute atomic E-state index is 11.4. The van der Waals surface area contributed by atoms with Gasteiger partial charge in [-0.05, 0) is 30.7 Å². The number of halogens is 1. The molecule has 5 heteroatoms. The first kappa shape index (κ1) is 9.98. The van der Waals surface area contributed by atoms with E-state index >= 15 is 0 Å². The van der Waals surface area contributed by atoms with Gasteiger partial charge in [-0.25, -0.2) is 9.69 Å². The van der Waals surface area contributed by atoms with E-state index in [2.05, 4.69) is 4.74 Å². The minimum atomic E-state index is -0.634. The lowest BCUT2D eigenvalue weighted by Crippen LogP contribution is -2.29. The van der Waals surface area contributed by atoms with E-state index in [-0.39, 0.29) is 12.5 Å². The highest BCUT2D eigenvalue weighted by molar-refractivity contribution is 6.30. The van der Waals surface area contributed by atoms with Gasteiger partial charge in [0.2, 0.25) is 0 Å². The van der Waals surface area contributed by atoms with Crippen LogP contribution in [0.4, 0.5) is 10.5 Å². The van der Waals surface area contributed by atoms with Crippen LogP contribution in [-0.2, 0) is 9.53 Å². The van der Waals surface area contributed by atoms with Gasteiger partial charge in [0, 0.05) is 5.02 Å². The zero-order valence-corrected chi connectivity index (χ0v) is 8.75. The molecule has 4 nitrogen and oxygen atoms in total. The normalized spacial score (nSPS) is 15.7. The second kappa shape index (κ2) is 3.55. The predicted molar refractivity (Wildman–Crippen MR) is 55.0 cm³/mol. The molecule has 1 heterocycles. The zero-order chi connectivity index (χ0) is 11.0. The third kappa shape index (κ3) is 1.68. The number of benzene rings is 1. The molecule has 15 heavy (non-hydrogen) atoms. The molecule has 0 aliphatic carbocycles. The number of hydrogen-bond donors (Lipinski definition) is 0. The van der Waals surface area contributed by atoms with Crippen molar-refractivity contribution in [1.29, 1.82) is 0 Å². The number of amides is 2. The Hall–Kier alpha value is -1.55. The lowest BCUT2D eigenvalue weighted by molar-refractivity contribution is -0.117. The van der Waals surface area contributed by atoms with Gasteiger partial charge in [0.05, 0.1) is 5.69 Å². The standard InChI is InChI=1S/C10H8ClNO3/c1-6-4-7(11)2-3-8(6)12-9(13)5-15-10(12)14/h2-4H,5H2,1H3. The lowest BCUT2D eigenvalue weighted by atomic mass is 10.2. The fourth-order valence-electron chi connectivity index (χ4n) is 1.46. The Balaban J connectivity index is 2.45. The van der Waals surface area contributed by atoms with Crippen molar-refractivity contribution in [2.45, 2.75) is 6.92 Å². The summed E-state index contributed by atoms with van der Waals surface area (Å²) < 4.78 is 4.62. The van der Waals surface area contributed by atoms with Gasteiger partial charge in [-0.2, -0.15) is 0 Å². The molecule has 0 bridgehead atoms. The van der Waals surface area contributed by atoms with Crippen molar-refractivity contribution in [3.8, 4) is 0 Å². The number of hydrogen-bond acceptors (Lipinski definition) is 3. The molecule has 1 saturated heterocycles. The van der Waals surface area contributed by atoms with E-state index < -0.39 is 6.09 Å². The summed E-state index contributed by atoms with van der Waals surface area (Å²) in [4.78, 5) is 23.7. The van der Waals surface area contributed by atoms with Crippen molar-refractivity contribution in [2.24, 2.45) is 0 Å². The minimum Gasteiger partial charge on any atom is -0.439 e. The molecular weight excluding hydrogens is 218 g/mol. The number of nitrogens with zero attached hydrogens (tertiary/aromatic N) is 1. The third-order valence-electron chi connectivity index (χ3n) is 2.15. The van der Waals surface area contributed by atoms with Crippen LogP contribution in [-0.4, -0.2) is 18.6 Å². The SMILES string of the molecule is Cc1cc(Cl)ccc1N1C(=O)COC1=O. The van der Waals surface area contributed by atoms with Crippen LogP contribution in [0.1, 0.15) is 5.56 Å². The van der Waals surface area contributed by atoms with Crippen molar-refractivity contribution >= 4 is 29.3 Å². The molecule has 0 atom stereocenters. The second-order valence-corrected chi connectivity index (χ2v) is 3.65. The molecule has 1 aliphatic rings. The third-order valence-corrected chi connectivity index (χ3v) is 2.39. The molecule has 2 amide bonds. The van der Waals surface area contributed by atoms with Gasteiger partial charge in [0.15, 0.2) is 6.61 Å². The summed E-state index contributed by atoms with van der Waals surface area (Å²) in [5.74, 6) is -0.356. The molecule has 78 valence electrons. The van der Waals surface area contributed by atoms with Gasteiger partial charge in [-0.1, -0.05) is 11.6 Å². The van der Waals surface area contributed by atoms with E-state index in [1.165, 1.54) is 0 Å². The second-order valence-electron chi connectivity index (χ2n) is 3.21. The number of anilines is 1. The molecule has 0 unspecified atom stereocenters. The largest absolute Gasteiger partial charge is 0.439 e. The van der Waals surface area contributed by atoms with E-state index in [1.807, 2.05) is 0 Å². The molecule has 1 aromatic rings. The van der Waals surface area contributed by atoms with E-state index in [4.69, 9.17) is 11.6 Å². The first-order chi connectivity index (χ1) is 7.09. The molecular formula is C10H8ClNO3. The smallest absolute Gasteiger partial charge is 0.421 e. The van der Waals surface area contributed by atoms with E-state index in [9.17, 15) is 9.59 Å². The van der Waals surface area contributed by atoms with Crippen LogP contribution in [0.25, 0.3) is 0 Å². The first-order valence-electron chi connectivity index (χ1n) is 4.35. The summed E-state index contributed by atoms with van der Waals surface area (Å²) >= 11 is 5.78. The van der Waals surface area contributed by atoms with Gasteiger partial charge >= 0.3 is 6.09 Å². The van der Waals surface area contributed by atoms with Crippen molar-refractivity contribution in [1.82, 2.24) is 0 Å². The first-order valence-corrected chi connectivity index (χ1v) is 4.73. The summed E-state index contributed by atoms with van der Waals surface area (Å²) in [6, 6.07) is 4.95. The fourth-order valence-corrected chi connectivity index (χ4v) is 1.68. The number of imide groups is 1. The van der Waals surface area contributed by atoms with E-state index in [0.29, 0.717) is 10.7 Å². The van der Waals surface area contributed by atoms with Crippen LogP contribution in [0.3, 0.4) is 0 Å². The van der Waals surface area contributed by atoms with E-state index in [0.717, 1.165) is 10.5 Å². The number of carbonyl (C=O) groups is 2. The zero-order valence-electron chi connectivity index (χ0n) is 7.99. The highest BCUT2D eigenvalue weighted by Gasteiger charge is 2.33. The van der Waals surface area contributed by atoms with Gasteiger partial charge in [0.25, 0.3) is 5.91 Å². The minimum absolute atomic E-state index is 0.194. The summed E-state index contributed by atoms with van der Waals surface area (Å²) in [5, 5.41) is 0.566. The van der Waals surface area contributed by atoms with Gasteiger partial charge in [0.1, 0.15) is 0 Å². The molecule has 0 radical (unpaired) electrons. The number of aryl methyl sites for hydroxylation is 1. The average Bonchev–Trinajstić information content (AvgIpc) is 2.48. The molecule has 0 aromatic heterocycles. The molecule has 1 aliphatic heterocycles. The van der Waals surface area contributed by atoms with Crippen LogP contribution >= 0.6 is 11.6 Å². The van der Waals surface area contributed by atoms with E-state index in [1.54, 1.807) is 25.1 Å². The van der Waals surface area contributed by atoms with Gasteiger partial charge < -0.3 is 4.74 Å². The van der Waals surface area contributed by atoms with Crippen LogP contribution in [0.15, 0.2) is 18.2 Å². The quantitative estimate of drug-likeness (QED) is 0.736. The van der Waals surface area contributed by atoms with Crippen molar-refractivity contribution in [3.63, 3.8) is 0 Å². The summed E-state index contributed by atoms with van der Waals surface area (Å²) in [6.45, 7) is 1.58. The topological polar surface area (TPSA) is 46.6 Å². The van der Waals surface area contributed by atoms with Crippen LogP contribution in [0, 0.1) is 6.92 Å². The Bertz CT molecular complexity index is 428. The summed E-state index contributed by atoms with van der Waals surface area (Å²) in [6.07, 6.45) is -0.634. The predicted octanol–water partition coefficient (Wildman–Crippen LogP) is 2.13. The number of cyclic esters (lactones) is 1. The molecule has 0 spiro atoms.